The normalized spacial score (nSPS) is 11.9. The molecule has 0 aliphatic heterocycles. The van der Waals surface area contributed by atoms with E-state index in [9.17, 15) is 9.59 Å². The SMILES string of the molecule is CCC(CNC(=O)c1ccnc(C)c1)CC(=O)O. The van der Waals surface area contributed by atoms with Crippen LogP contribution >= 0.6 is 0 Å². The van der Waals surface area contributed by atoms with Crippen LogP contribution in [0.4, 0.5) is 0 Å². The number of nitrogens with one attached hydrogen (secondary N) is 1. The minimum Gasteiger partial charge on any atom is -0.481 e. The van der Waals surface area contributed by atoms with Crippen LogP contribution in [0.2, 0.25) is 0 Å². The van der Waals surface area contributed by atoms with Crippen molar-refractivity contribution in [3.63, 3.8) is 0 Å². The molecule has 0 saturated carbocycles. The molecule has 0 spiro atoms. The number of nitrogens with zero attached hydrogens (tertiary/aromatic N) is 1. The first-order valence-electron chi connectivity index (χ1n) is 5.95. The second-order valence-electron chi connectivity index (χ2n) is 4.27. The Kier molecular flexibility index (Phi) is 5.30. The Labute approximate surface area is 106 Å². The zero-order valence-corrected chi connectivity index (χ0v) is 10.6. The quantitative estimate of drug-likeness (QED) is 0.804. The van der Waals surface area contributed by atoms with Gasteiger partial charge in [-0.2, -0.15) is 0 Å². The summed E-state index contributed by atoms with van der Waals surface area (Å²) in [7, 11) is 0. The van der Waals surface area contributed by atoms with Crippen molar-refractivity contribution >= 4 is 11.9 Å². The maximum absolute atomic E-state index is 11.8. The molecule has 1 aromatic heterocycles. The molecule has 0 saturated heterocycles. The molecule has 1 atom stereocenters. The molecule has 5 heteroatoms. The molecule has 1 amide bonds. The molecule has 2 N–H and O–H groups in total. The van der Waals surface area contributed by atoms with Gasteiger partial charge < -0.3 is 10.4 Å². The van der Waals surface area contributed by atoms with Crippen LogP contribution < -0.4 is 5.32 Å². The number of pyridine rings is 1. The fourth-order valence-electron chi connectivity index (χ4n) is 1.63. The number of rotatable bonds is 6. The Bertz CT molecular complexity index is 432. The summed E-state index contributed by atoms with van der Waals surface area (Å²) >= 11 is 0. The molecule has 0 aromatic carbocycles. The molecule has 0 radical (unpaired) electrons. The van der Waals surface area contributed by atoms with E-state index >= 15 is 0 Å². The van der Waals surface area contributed by atoms with Crippen molar-refractivity contribution in [3.8, 4) is 0 Å². The summed E-state index contributed by atoms with van der Waals surface area (Å²) < 4.78 is 0. The summed E-state index contributed by atoms with van der Waals surface area (Å²) in [5.74, 6) is -1.06. The molecule has 0 fully saturated rings. The number of carbonyl (C=O) groups is 2. The highest BCUT2D eigenvalue weighted by molar-refractivity contribution is 5.94. The summed E-state index contributed by atoms with van der Waals surface area (Å²) in [6, 6.07) is 3.34. The third-order valence-corrected chi connectivity index (χ3v) is 2.75. The topological polar surface area (TPSA) is 79.3 Å². The van der Waals surface area contributed by atoms with Gasteiger partial charge in [0.15, 0.2) is 0 Å². The van der Waals surface area contributed by atoms with Crippen molar-refractivity contribution in [2.24, 2.45) is 5.92 Å². The maximum Gasteiger partial charge on any atom is 0.303 e. The van der Waals surface area contributed by atoms with E-state index in [0.717, 1.165) is 12.1 Å². The van der Waals surface area contributed by atoms with Crippen molar-refractivity contribution in [2.45, 2.75) is 26.7 Å². The molecule has 5 nitrogen and oxygen atoms in total. The summed E-state index contributed by atoms with van der Waals surface area (Å²) in [6.45, 7) is 4.11. The lowest BCUT2D eigenvalue weighted by Crippen LogP contribution is -2.30. The first-order valence-corrected chi connectivity index (χ1v) is 5.95. The Morgan fingerprint density at radius 3 is 2.78 bits per heavy atom. The number of carboxylic acids is 1. The van der Waals surface area contributed by atoms with Gasteiger partial charge >= 0.3 is 5.97 Å². The van der Waals surface area contributed by atoms with Crippen LogP contribution in [0.5, 0.6) is 0 Å². The number of carboxylic acid groups (broad SMARTS) is 1. The van der Waals surface area contributed by atoms with E-state index in [0.29, 0.717) is 12.1 Å². The van der Waals surface area contributed by atoms with E-state index < -0.39 is 5.97 Å². The first kappa shape index (κ1) is 14.2. The summed E-state index contributed by atoms with van der Waals surface area (Å²) in [5.41, 5.74) is 1.33. The van der Waals surface area contributed by atoms with E-state index in [4.69, 9.17) is 5.11 Å². The van der Waals surface area contributed by atoms with Crippen LogP contribution in [-0.2, 0) is 4.79 Å². The number of amides is 1. The van der Waals surface area contributed by atoms with E-state index in [-0.39, 0.29) is 18.2 Å². The molecule has 1 aromatic rings. The molecule has 1 rings (SSSR count). The lowest BCUT2D eigenvalue weighted by Gasteiger charge is -2.13. The van der Waals surface area contributed by atoms with Crippen molar-refractivity contribution in [2.75, 3.05) is 6.54 Å². The van der Waals surface area contributed by atoms with Crippen LogP contribution in [0, 0.1) is 12.8 Å². The predicted octanol–water partition coefficient (Wildman–Crippen LogP) is 1.62. The lowest BCUT2D eigenvalue weighted by atomic mass is 10.0. The molecule has 18 heavy (non-hydrogen) atoms. The van der Waals surface area contributed by atoms with Crippen LogP contribution in [0.3, 0.4) is 0 Å². The van der Waals surface area contributed by atoms with Gasteiger partial charge in [0, 0.05) is 30.4 Å². The van der Waals surface area contributed by atoms with E-state index in [1.165, 1.54) is 0 Å². The van der Waals surface area contributed by atoms with E-state index in [1.807, 2.05) is 13.8 Å². The molecule has 0 bridgehead atoms. The predicted molar refractivity (Wildman–Crippen MR) is 67.3 cm³/mol. The van der Waals surface area contributed by atoms with Gasteiger partial charge in [0.1, 0.15) is 0 Å². The van der Waals surface area contributed by atoms with Gasteiger partial charge in [-0.05, 0) is 25.0 Å². The lowest BCUT2D eigenvalue weighted by molar-refractivity contribution is -0.138. The van der Waals surface area contributed by atoms with Crippen molar-refractivity contribution in [3.05, 3.63) is 29.6 Å². The van der Waals surface area contributed by atoms with Crippen LogP contribution in [0.1, 0.15) is 35.8 Å². The molecule has 1 unspecified atom stereocenters. The molecular weight excluding hydrogens is 232 g/mol. The van der Waals surface area contributed by atoms with Gasteiger partial charge in [0.25, 0.3) is 5.91 Å². The van der Waals surface area contributed by atoms with Crippen LogP contribution in [-0.4, -0.2) is 28.5 Å². The number of aliphatic carboxylic acids is 1. The first-order chi connectivity index (χ1) is 8.52. The summed E-state index contributed by atoms with van der Waals surface area (Å²) in [6.07, 6.45) is 2.38. The zero-order valence-electron chi connectivity index (χ0n) is 10.6. The number of aryl methyl sites for hydroxylation is 1. The number of hydrogen-bond donors (Lipinski definition) is 2. The summed E-state index contributed by atoms with van der Waals surface area (Å²) in [5, 5.41) is 11.5. The highest BCUT2D eigenvalue weighted by atomic mass is 16.4. The Hall–Kier alpha value is -1.91. The van der Waals surface area contributed by atoms with E-state index in [2.05, 4.69) is 10.3 Å². The number of carbonyl (C=O) groups excluding carboxylic acids is 1. The zero-order chi connectivity index (χ0) is 13.5. The average Bonchev–Trinajstić information content (AvgIpc) is 2.33. The Morgan fingerprint density at radius 2 is 2.22 bits per heavy atom. The fraction of sp³-hybridized carbons (Fsp3) is 0.462. The van der Waals surface area contributed by atoms with Gasteiger partial charge in [-0.1, -0.05) is 13.3 Å². The van der Waals surface area contributed by atoms with Gasteiger partial charge in [-0.25, -0.2) is 0 Å². The highest BCUT2D eigenvalue weighted by Crippen LogP contribution is 2.07. The highest BCUT2D eigenvalue weighted by Gasteiger charge is 2.13. The van der Waals surface area contributed by atoms with E-state index in [1.54, 1.807) is 18.3 Å². The maximum atomic E-state index is 11.8. The standard InChI is InChI=1S/C13H18N2O3/c1-3-10(7-12(16)17)8-15-13(18)11-4-5-14-9(2)6-11/h4-6,10H,3,7-8H2,1-2H3,(H,15,18)(H,16,17). The smallest absolute Gasteiger partial charge is 0.303 e. The number of hydrogen-bond acceptors (Lipinski definition) is 3. The van der Waals surface area contributed by atoms with Gasteiger partial charge in [0.05, 0.1) is 0 Å². The minimum atomic E-state index is -0.837. The molecule has 0 aliphatic rings. The van der Waals surface area contributed by atoms with Crippen LogP contribution in [0.25, 0.3) is 0 Å². The fourth-order valence-corrected chi connectivity index (χ4v) is 1.63. The molecule has 0 aliphatic carbocycles. The Morgan fingerprint density at radius 1 is 1.50 bits per heavy atom. The molecular formula is C13H18N2O3. The molecule has 1 heterocycles. The second-order valence-corrected chi connectivity index (χ2v) is 4.27. The average molecular weight is 250 g/mol. The monoisotopic (exact) mass is 250 g/mol. The Balaban J connectivity index is 2.52. The third kappa shape index (κ3) is 4.53. The van der Waals surface area contributed by atoms with Gasteiger partial charge in [-0.15, -0.1) is 0 Å². The molecule has 98 valence electrons. The largest absolute Gasteiger partial charge is 0.481 e. The third-order valence-electron chi connectivity index (χ3n) is 2.75. The van der Waals surface area contributed by atoms with Crippen LogP contribution in [0.15, 0.2) is 18.3 Å². The number of aromatic nitrogens is 1. The van der Waals surface area contributed by atoms with Gasteiger partial charge in [0.2, 0.25) is 0 Å². The van der Waals surface area contributed by atoms with Crippen molar-refractivity contribution < 1.29 is 14.7 Å². The van der Waals surface area contributed by atoms with Crippen molar-refractivity contribution in [1.82, 2.24) is 10.3 Å². The van der Waals surface area contributed by atoms with Gasteiger partial charge in [-0.3, -0.25) is 14.6 Å². The second kappa shape index (κ2) is 6.74. The summed E-state index contributed by atoms with van der Waals surface area (Å²) in [4.78, 5) is 26.4. The van der Waals surface area contributed by atoms with Crippen molar-refractivity contribution in [1.29, 1.82) is 0 Å². The minimum absolute atomic E-state index is 0.0330.